The standard InChI is InChI=1S/C20H24ClNO4S/c1-4-27(24,25)26-17-9-7-8-16(12-17)14-22(13-15(2)3)20(23)18-10-5-6-11-19(18)21/h5-12,15H,4,13-14H2,1-3H3. The van der Waals surface area contributed by atoms with Crippen LogP contribution >= 0.6 is 11.6 Å². The highest BCUT2D eigenvalue weighted by Gasteiger charge is 2.20. The number of hydrogen-bond donors (Lipinski definition) is 0. The molecule has 0 fully saturated rings. The van der Waals surface area contributed by atoms with Crippen molar-refractivity contribution in [2.45, 2.75) is 27.3 Å². The van der Waals surface area contributed by atoms with E-state index in [1.807, 2.05) is 19.9 Å². The summed E-state index contributed by atoms with van der Waals surface area (Å²) < 4.78 is 28.4. The van der Waals surface area contributed by atoms with Crippen molar-refractivity contribution in [3.05, 3.63) is 64.7 Å². The molecule has 1 amide bonds. The topological polar surface area (TPSA) is 63.7 Å². The molecule has 146 valence electrons. The second-order valence-electron chi connectivity index (χ2n) is 6.64. The zero-order valence-electron chi connectivity index (χ0n) is 15.7. The zero-order chi connectivity index (χ0) is 20.0. The van der Waals surface area contributed by atoms with Gasteiger partial charge >= 0.3 is 10.1 Å². The first-order chi connectivity index (χ1) is 12.7. The molecule has 0 aliphatic heterocycles. The Morgan fingerprint density at radius 3 is 2.48 bits per heavy atom. The van der Waals surface area contributed by atoms with E-state index in [2.05, 4.69) is 0 Å². The summed E-state index contributed by atoms with van der Waals surface area (Å²) in [6.07, 6.45) is 0. The molecule has 0 heterocycles. The summed E-state index contributed by atoms with van der Waals surface area (Å²) in [6.45, 7) is 6.44. The minimum Gasteiger partial charge on any atom is -0.382 e. The lowest BCUT2D eigenvalue weighted by Gasteiger charge is -2.25. The Labute approximate surface area is 166 Å². The number of amides is 1. The van der Waals surface area contributed by atoms with Crippen molar-refractivity contribution in [2.75, 3.05) is 12.3 Å². The summed E-state index contributed by atoms with van der Waals surface area (Å²) in [5.41, 5.74) is 1.22. The van der Waals surface area contributed by atoms with E-state index >= 15 is 0 Å². The van der Waals surface area contributed by atoms with Gasteiger partial charge in [0, 0.05) is 13.1 Å². The molecule has 0 unspecified atom stereocenters. The highest BCUT2D eigenvalue weighted by atomic mass is 35.5. The highest BCUT2D eigenvalue weighted by molar-refractivity contribution is 7.87. The first-order valence-corrected chi connectivity index (χ1v) is 10.7. The molecule has 0 spiro atoms. The maximum absolute atomic E-state index is 13.0. The van der Waals surface area contributed by atoms with E-state index in [1.54, 1.807) is 47.4 Å². The quantitative estimate of drug-likeness (QED) is 0.607. The van der Waals surface area contributed by atoms with E-state index < -0.39 is 10.1 Å². The lowest BCUT2D eigenvalue weighted by atomic mass is 10.1. The predicted octanol–water partition coefficient (Wildman–Crippen LogP) is 4.37. The maximum atomic E-state index is 13.0. The van der Waals surface area contributed by atoms with Crippen LogP contribution in [0.4, 0.5) is 0 Å². The summed E-state index contributed by atoms with van der Waals surface area (Å²) in [5.74, 6) is 0.226. The SMILES string of the molecule is CCS(=O)(=O)Oc1cccc(CN(CC(C)C)C(=O)c2ccccc2Cl)c1. The van der Waals surface area contributed by atoms with Gasteiger partial charge < -0.3 is 9.08 Å². The normalized spacial score (nSPS) is 11.4. The van der Waals surface area contributed by atoms with Gasteiger partial charge in [0.05, 0.1) is 16.3 Å². The second-order valence-corrected chi connectivity index (χ2v) is 8.90. The van der Waals surface area contributed by atoms with Crippen LogP contribution in [-0.2, 0) is 16.7 Å². The van der Waals surface area contributed by atoms with Crippen molar-refractivity contribution in [2.24, 2.45) is 5.92 Å². The minimum atomic E-state index is -3.60. The van der Waals surface area contributed by atoms with Crippen molar-refractivity contribution < 1.29 is 17.4 Å². The first-order valence-electron chi connectivity index (χ1n) is 8.76. The Hall–Kier alpha value is -2.05. The van der Waals surface area contributed by atoms with Crippen LogP contribution in [0.1, 0.15) is 36.7 Å². The Balaban J connectivity index is 2.26. The van der Waals surface area contributed by atoms with Gasteiger partial charge in [0.1, 0.15) is 5.75 Å². The third kappa shape index (κ3) is 6.26. The van der Waals surface area contributed by atoms with Crippen LogP contribution in [0.5, 0.6) is 5.75 Å². The number of halogens is 1. The fourth-order valence-electron chi connectivity index (χ4n) is 2.59. The number of benzene rings is 2. The molecular weight excluding hydrogens is 386 g/mol. The fraction of sp³-hybridized carbons (Fsp3) is 0.350. The van der Waals surface area contributed by atoms with Crippen molar-refractivity contribution in [3.8, 4) is 5.75 Å². The van der Waals surface area contributed by atoms with Gasteiger partial charge in [-0.15, -0.1) is 0 Å². The molecule has 2 aromatic rings. The van der Waals surface area contributed by atoms with Crippen LogP contribution in [0.3, 0.4) is 0 Å². The van der Waals surface area contributed by atoms with E-state index in [4.69, 9.17) is 15.8 Å². The molecule has 2 aromatic carbocycles. The van der Waals surface area contributed by atoms with Gasteiger partial charge in [-0.2, -0.15) is 8.42 Å². The molecule has 27 heavy (non-hydrogen) atoms. The van der Waals surface area contributed by atoms with Crippen molar-refractivity contribution >= 4 is 27.6 Å². The average molecular weight is 410 g/mol. The van der Waals surface area contributed by atoms with Gasteiger partial charge in [0.25, 0.3) is 5.91 Å². The van der Waals surface area contributed by atoms with Crippen molar-refractivity contribution in [1.29, 1.82) is 0 Å². The lowest BCUT2D eigenvalue weighted by molar-refractivity contribution is 0.0722. The van der Waals surface area contributed by atoms with Crippen LogP contribution in [0.25, 0.3) is 0 Å². The molecule has 0 atom stereocenters. The van der Waals surface area contributed by atoms with E-state index in [-0.39, 0.29) is 23.3 Å². The van der Waals surface area contributed by atoms with Crippen LogP contribution in [0.2, 0.25) is 5.02 Å². The van der Waals surface area contributed by atoms with Gasteiger partial charge in [-0.3, -0.25) is 4.79 Å². The molecule has 0 bridgehead atoms. The van der Waals surface area contributed by atoms with Crippen molar-refractivity contribution in [3.63, 3.8) is 0 Å². The van der Waals surface area contributed by atoms with Crippen LogP contribution in [0, 0.1) is 5.92 Å². The molecule has 0 aliphatic rings. The first kappa shape index (κ1) is 21.3. The second kappa shape index (κ2) is 9.24. The molecule has 0 saturated heterocycles. The largest absolute Gasteiger partial charge is 0.382 e. The number of nitrogens with zero attached hydrogens (tertiary/aromatic N) is 1. The molecule has 2 rings (SSSR count). The summed E-state index contributed by atoms with van der Waals surface area (Å²) in [5, 5.41) is 0.405. The smallest absolute Gasteiger partial charge is 0.308 e. The van der Waals surface area contributed by atoms with Gasteiger partial charge in [0.2, 0.25) is 0 Å². The Morgan fingerprint density at radius 1 is 1.15 bits per heavy atom. The van der Waals surface area contributed by atoms with E-state index in [0.29, 0.717) is 23.7 Å². The molecule has 0 aromatic heterocycles. The number of carbonyl (C=O) groups excluding carboxylic acids is 1. The Morgan fingerprint density at radius 2 is 1.85 bits per heavy atom. The third-order valence-electron chi connectivity index (χ3n) is 3.83. The van der Waals surface area contributed by atoms with Gasteiger partial charge in [-0.05, 0) is 42.7 Å². The van der Waals surface area contributed by atoms with E-state index in [0.717, 1.165) is 5.56 Å². The van der Waals surface area contributed by atoms with Crippen LogP contribution in [0.15, 0.2) is 48.5 Å². The summed E-state index contributed by atoms with van der Waals surface area (Å²) in [7, 11) is -3.60. The van der Waals surface area contributed by atoms with Crippen LogP contribution in [-0.4, -0.2) is 31.5 Å². The minimum absolute atomic E-state index is 0.109. The van der Waals surface area contributed by atoms with E-state index in [9.17, 15) is 13.2 Å². The number of rotatable bonds is 8. The third-order valence-corrected chi connectivity index (χ3v) is 5.31. The van der Waals surface area contributed by atoms with Crippen LogP contribution < -0.4 is 4.18 Å². The van der Waals surface area contributed by atoms with Gasteiger partial charge in [-0.25, -0.2) is 0 Å². The fourth-order valence-corrected chi connectivity index (χ4v) is 3.32. The maximum Gasteiger partial charge on any atom is 0.308 e. The van der Waals surface area contributed by atoms with Gasteiger partial charge in [-0.1, -0.05) is 49.7 Å². The number of hydrogen-bond acceptors (Lipinski definition) is 4. The Kier molecular flexibility index (Phi) is 7.27. The molecule has 0 aliphatic carbocycles. The monoisotopic (exact) mass is 409 g/mol. The molecule has 0 saturated carbocycles. The zero-order valence-corrected chi connectivity index (χ0v) is 17.3. The summed E-state index contributed by atoms with van der Waals surface area (Å²) in [6, 6.07) is 13.7. The van der Waals surface area contributed by atoms with Crippen molar-refractivity contribution in [1.82, 2.24) is 4.90 Å². The molecule has 7 heteroatoms. The number of carbonyl (C=O) groups is 1. The Bertz CT molecular complexity index is 896. The molecular formula is C20H24ClNO4S. The van der Waals surface area contributed by atoms with E-state index in [1.165, 1.54) is 6.92 Å². The summed E-state index contributed by atoms with van der Waals surface area (Å²) >= 11 is 6.18. The predicted molar refractivity (Wildman–Crippen MR) is 108 cm³/mol. The summed E-state index contributed by atoms with van der Waals surface area (Å²) in [4.78, 5) is 14.7. The average Bonchev–Trinajstić information content (AvgIpc) is 2.60. The molecule has 0 radical (unpaired) electrons. The van der Waals surface area contributed by atoms with Gasteiger partial charge in [0.15, 0.2) is 0 Å². The highest BCUT2D eigenvalue weighted by Crippen LogP contribution is 2.21. The lowest BCUT2D eigenvalue weighted by Crippen LogP contribution is -2.34. The molecule has 5 nitrogen and oxygen atoms in total. The molecule has 0 N–H and O–H groups in total.